The van der Waals surface area contributed by atoms with Gasteiger partial charge in [0.25, 0.3) is 0 Å². The SMILES string of the molecule is CCCc1cc(CC)cc(C(Nc2ccc(C#N)cc2)C(=O)O)c1OCC1CCCC1. The third-order valence-electron chi connectivity index (χ3n) is 6.00. The molecular formula is C26H32N2O3. The third-order valence-corrected chi connectivity index (χ3v) is 6.00. The molecule has 0 saturated heterocycles. The lowest BCUT2D eigenvalue weighted by atomic mass is 9.95. The minimum absolute atomic E-state index is 0.538. The zero-order chi connectivity index (χ0) is 22.2. The van der Waals surface area contributed by atoms with Crippen LogP contribution in [0.2, 0.25) is 0 Å². The first-order valence-corrected chi connectivity index (χ1v) is 11.3. The van der Waals surface area contributed by atoms with E-state index in [1.54, 1.807) is 24.3 Å². The topological polar surface area (TPSA) is 82.4 Å². The summed E-state index contributed by atoms with van der Waals surface area (Å²) in [5, 5.41) is 22.3. The number of nitrogens with zero attached hydrogens (tertiary/aromatic N) is 1. The van der Waals surface area contributed by atoms with Gasteiger partial charge in [0.1, 0.15) is 5.75 Å². The Labute approximate surface area is 185 Å². The molecule has 0 bridgehead atoms. The zero-order valence-electron chi connectivity index (χ0n) is 18.5. The number of hydrogen-bond acceptors (Lipinski definition) is 4. The average Bonchev–Trinajstić information content (AvgIpc) is 3.30. The lowest BCUT2D eigenvalue weighted by Gasteiger charge is -2.24. The van der Waals surface area contributed by atoms with Crippen molar-refractivity contribution in [3.8, 4) is 11.8 Å². The van der Waals surface area contributed by atoms with Gasteiger partial charge in [-0.2, -0.15) is 5.26 Å². The van der Waals surface area contributed by atoms with Crippen LogP contribution < -0.4 is 10.1 Å². The van der Waals surface area contributed by atoms with Gasteiger partial charge in [-0.25, -0.2) is 4.79 Å². The summed E-state index contributed by atoms with van der Waals surface area (Å²) < 4.78 is 6.36. The molecule has 164 valence electrons. The molecule has 2 aromatic carbocycles. The van der Waals surface area contributed by atoms with E-state index in [0.717, 1.165) is 36.1 Å². The Morgan fingerprint density at radius 2 is 1.94 bits per heavy atom. The van der Waals surface area contributed by atoms with Crippen molar-refractivity contribution in [3.05, 3.63) is 58.7 Å². The Balaban J connectivity index is 1.98. The fourth-order valence-electron chi connectivity index (χ4n) is 4.29. The van der Waals surface area contributed by atoms with E-state index in [9.17, 15) is 9.90 Å². The van der Waals surface area contributed by atoms with Crippen LogP contribution in [0.25, 0.3) is 0 Å². The third kappa shape index (κ3) is 5.79. The number of benzene rings is 2. The summed E-state index contributed by atoms with van der Waals surface area (Å²) in [5.41, 5.74) is 4.07. The van der Waals surface area contributed by atoms with Gasteiger partial charge in [0.05, 0.1) is 18.2 Å². The average molecular weight is 421 g/mol. The molecule has 2 N–H and O–H groups in total. The van der Waals surface area contributed by atoms with E-state index in [2.05, 4.69) is 31.3 Å². The van der Waals surface area contributed by atoms with Crippen LogP contribution in [0.3, 0.4) is 0 Å². The predicted molar refractivity (Wildman–Crippen MR) is 122 cm³/mol. The van der Waals surface area contributed by atoms with Gasteiger partial charge >= 0.3 is 5.97 Å². The maximum Gasteiger partial charge on any atom is 0.330 e. The van der Waals surface area contributed by atoms with Gasteiger partial charge in [0.2, 0.25) is 0 Å². The molecule has 0 amide bonds. The molecule has 1 saturated carbocycles. The van der Waals surface area contributed by atoms with Gasteiger partial charge in [-0.05, 0) is 73.1 Å². The maximum atomic E-state index is 12.3. The number of aryl methyl sites for hydroxylation is 2. The molecule has 1 aliphatic carbocycles. The summed E-state index contributed by atoms with van der Waals surface area (Å²) in [7, 11) is 0. The van der Waals surface area contributed by atoms with Crippen LogP contribution in [0, 0.1) is 17.2 Å². The number of ether oxygens (including phenoxy) is 1. The second-order valence-corrected chi connectivity index (χ2v) is 8.34. The van der Waals surface area contributed by atoms with Crippen LogP contribution in [0.4, 0.5) is 5.69 Å². The van der Waals surface area contributed by atoms with Crippen molar-refractivity contribution in [2.75, 3.05) is 11.9 Å². The summed E-state index contributed by atoms with van der Waals surface area (Å²) in [5.74, 6) is 0.313. The maximum absolute atomic E-state index is 12.3. The number of hydrogen-bond donors (Lipinski definition) is 2. The summed E-state index contributed by atoms with van der Waals surface area (Å²) >= 11 is 0. The van der Waals surface area contributed by atoms with Gasteiger partial charge in [-0.1, -0.05) is 39.2 Å². The molecule has 5 nitrogen and oxygen atoms in total. The van der Waals surface area contributed by atoms with Crippen LogP contribution in [0.1, 0.15) is 74.2 Å². The highest BCUT2D eigenvalue weighted by Crippen LogP contribution is 2.36. The highest BCUT2D eigenvalue weighted by Gasteiger charge is 2.27. The molecule has 5 heteroatoms. The molecule has 2 aromatic rings. The molecule has 1 fully saturated rings. The van der Waals surface area contributed by atoms with Gasteiger partial charge in [-0.3, -0.25) is 0 Å². The van der Waals surface area contributed by atoms with Crippen molar-refractivity contribution in [2.24, 2.45) is 5.92 Å². The number of anilines is 1. The fourth-order valence-corrected chi connectivity index (χ4v) is 4.29. The first kappa shape index (κ1) is 22.7. The molecule has 1 atom stereocenters. The normalized spacial score (nSPS) is 14.7. The predicted octanol–water partition coefficient (Wildman–Crippen LogP) is 5.88. The van der Waals surface area contributed by atoms with Crippen LogP contribution in [0.15, 0.2) is 36.4 Å². The second kappa shape index (κ2) is 10.9. The first-order chi connectivity index (χ1) is 15.0. The Hall–Kier alpha value is -3.00. The van der Waals surface area contributed by atoms with Crippen LogP contribution >= 0.6 is 0 Å². The molecular weight excluding hydrogens is 388 g/mol. The Kier molecular flexibility index (Phi) is 7.94. The van der Waals surface area contributed by atoms with E-state index in [1.807, 2.05) is 6.07 Å². The molecule has 0 radical (unpaired) electrons. The number of nitrogens with one attached hydrogen (secondary N) is 1. The highest BCUT2D eigenvalue weighted by atomic mass is 16.5. The van der Waals surface area contributed by atoms with E-state index >= 15 is 0 Å². The standard InChI is InChI=1S/C26H32N2O3/c1-3-7-21-14-18(4-2)15-23(25(21)31-17-20-8-5-6-9-20)24(26(29)30)28-22-12-10-19(16-27)11-13-22/h10-15,20,24,28H,3-9,17H2,1-2H3,(H,29,30). The number of aliphatic carboxylic acids is 1. The first-order valence-electron chi connectivity index (χ1n) is 11.3. The smallest absolute Gasteiger partial charge is 0.330 e. The fraction of sp³-hybridized carbons (Fsp3) is 0.462. The lowest BCUT2D eigenvalue weighted by molar-refractivity contribution is -0.138. The molecule has 3 rings (SSSR count). The number of rotatable bonds is 10. The largest absolute Gasteiger partial charge is 0.493 e. The van der Waals surface area contributed by atoms with Gasteiger partial charge in [0.15, 0.2) is 6.04 Å². The van der Waals surface area contributed by atoms with Crippen molar-refractivity contribution >= 4 is 11.7 Å². The molecule has 0 heterocycles. The van der Waals surface area contributed by atoms with Crippen LogP contribution in [0.5, 0.6) is 5.75 Å². The van der Waals surface area contributed by atoms with Crippen molar-refractivity contribution < 1.29 is 14.6 Å². The Morgan fingerprint density at radius 3 is 2.52 bits per heavy atom. The van der Waals surface area contributed by atoms with E-state index in [1.165, 1.54) is 25.7 Å². The monoisotopic (exact) mass is 420 g/mol. The van der Waals surface area contributed by atoms with Gasteiger partial charge in [0, 0.05) is 11.3 Å². The van der Waals surface area contributed by atoms with Gasteiger partial charge in [-0.15, -0.1) is 0 Å². The number of carboxylic acid groups (broad SMARTS) is 1. The van der Waals surface area contributed by atoms with Crippen molar-refractivity contribution in [1.82, 2.24) is 0 Å². The molecule has 1 aliphatic rings. The number of carboxylic acids is 1. The Morgan fingerprint density at radius 1 is 1.23 bits per heavy atom. The van der Waals surface area contributed by atoms with E-state index < -0.39 is 12.0 Å². The highest BCUT2D eigenvalue weighted by molar-refractivity contribution is 5.81. The van der Waals surface area contributed by atoms with E-state index in [-0.39, 0.29) is 0 Å². The van der Waals surface area contributed by atoms with Crippen molar-refractivity contribution in [2.45, 2.75) is 64.8 Å². The quantitative estimate of drug-likeness (QED) is 0.501. The molecule has 0 spiro atoms. The minimum atomic E-state index is -0.953. The van der Waals surface area contributed by atoms with Crippen molar-refractivity contribution in [3.63, 3.8) is 0 Å². The minimum Gasteiger partial charge on any atom is -0.493 e. The zero-order valence-corrected chi connectivity index (χ0v) is 18.5. The van der Waals surface area contributed by atoms with Crippen molar-refractivity contribution in [1.29, 1.82) is 5.26 Å². The lowest BCUT2D eigenvalue weighted by Crippen LogP contribution is -2.23. The summed E-state index contributed by atoms with van der Waals surface area (Å²) in [6, 6.07) is 12.1. The second-order valence-electron chi connectivity index (χ2n) is 8.34. The summed E-state index contributed by atoms with van der Waals surface area (Å²) in [6.07, 6.45) is 7.49. The van der Waals surface area contributed by atoms with Gasteiger partial charge < -0.3 is 15.2 Å². The Bertz CT molecular complexity index is 925. The molecule has 31 heavy (non-hydrogen) atoms. The summed E-state index contributed by atoms with van der Waals surface area (Å²) in [4.78, 5) is 12.3. The molecule has 0 aromatic heterocycles. The van der Waals surface area contributed by atoms with E-state index in [4.69, 9.17) is 10.00 Å². The van der Waals surface area contributed by atoms with Crippen LogP contribution in [-0.4, -0.2) is 17.7 Å². The number of carbonyl (C=O) groups is 1. The summed E-state index contributed by atoms with van der Waals surface area (Å²) in [6.45, 7) is 4.85. The number of nitriles is 1. The van der Waals surface area contributed by atoms with E-state index in [0.29, 0.717) is 29.3 Å². The molecule has 0 aliphatic heterocycles. The van der Waals surface area contributed by atoms with Crippen LogP contribution in [-0.2, 0) is 17.6 Å². The molecule has 1 unspecified atom stereocenters.